The zero-order valence-electron chi connectivity index (χ0n) is 11.5. The van der Waals surface area contributed by atoms with Crippen molar-refractivity contribution in [2.45, 2.75) is 26.9 Å². The molecule has 2 amide bonds. The van der Waals surface area contributed by atoms with Gasteiger partial charge in [-0.05, 0) is 38.5 Å². The van der Waals surface area contributed by atoms with Crippen LogP contribution in [0.2, 0.25) is 0 Å². The first-order valence-electron chi connectivity index (χ1n) is 6.30. The van der Waals surface area contributed by atoms with Gasteiger partial charge >= 0.3 is 11.8 Å². The maximum atomic E-state index is 12.0. The molecule has 0 radical (unpaired) electrons. The SMILES string of the molecule is CCN(C(=O)C(=O)NCC(C)O)c1cccc(C)c1. The smallest absolute Gasteiger partial charge is 0.316 e. The third kappa shape index (κ3) is 4.37. The van der Waals surface area contributed by atoms with Gasteiger partial charge in [-0.3, -0.25) is 9.59 Å². The number of carbonyl (C=O) groups excluding carboxylic acids is 2. The van der Waals surface area contributed by atoms with Crippen LogP contribution < -0.4 is 10.2 Å². The molecule has 0 saturated heterocycles. The van der Waals surface area contributed by atoms with E-state index in [0.717, 1.165) is 5.56 Å². The van der Waals surface area contributed by atoms with E-state index in [4.69, 9.17) is 5.11 Å². The Kier molecular flexibility index (Phi) is 5.51. The minimum Gasteiger partial charge on any atom is -0.392 e. The average Bonchev–Trinajstić information content (AvgIpc) is 2.36. The van der Waals surface area contributed by atoms with E-state index < -0.39 is 17.9 Å². The summed E-state index contributed by atoms with van der Waals surface area (Å²) in [7, 11) is 0. The van der Waals surface area contributed by atoms with E-state index in [1.165, 1.54) is 4.90 Å². The number of aryl methyl sites for hydroxylation is 1. The van der Waals surface area contributed by atoms with Crippen molar-refractivity contribution < 1.29 is 14.7 Å². The molecule has 0 aromatic heterocycles. The topological polar surface area (TPSA) is 69.6 Å². The van der Waals surface area contributed by atoms with E-state index in [1.54, 1.807) is 13.0 Å². The van der Waals surface area contributed by atoms with E-state index in [1.807, 2.05) is 32.0 Å². The summed E-state index contributed by atoms with van der Waals surface area (Å²) in [6, 6.07) is 7.41. The van der Waals surface area contributed by atoms with Crippen LogP contribution in [0.25, 0.3) is 0 Å². The molecule has 0 aliphatic rings. The molecule has 0 saturated carbocycles. The standard InChI is InChI=1S/C14H20N2O3/c1-4-16(12-7-5-6-10(2)8-12)14(19)13(18)15-9-11(3)17/h5-8,11,17H,4,9H2,1-3H3,(H,15,18). The van der Waals surface area contributed by atoms with Crippen LogP contribution in [0.3, 0.4) is 0 Å². The first kappa shape index (κ1) is 15.2. The number of rotatable bonds is 4. The van der Waals surface area contributed by atoms with Gasteiger partial charge in [-0.2, -0.15) is 0 Å². The highest BCUT2D eigenvalue weighted by molar-refractivity contribution is 6.40. The molecule has 19 heavy (non-hydrogen) atoms. The van der Waals surface area contributed by atoms with Crippen LogP contribution in [-0.2, 0) is 9.59 Å². The van der Waals surface area contributed by atoms with Gasteiger partial charge in [0.1, 0.15) is 0 Å². The third-order valence-corrected chi connectivity index (χ3v) is 2.63. The van der Waals surface area contributed by atoms with Gasteiger partial charge in [0, 0.05) is 18.8 Å². The minimum atomic E-state index is -0.704. The molecule has 0 heterocycles. The van der Waals surface area contributed by atoms with Crippen molar-refractivity contribution in [2.75, 3.05) is 18.0 Å². The van der Waals surface area contributed by atoms with Gasteiger partial charge in [0.15, 0.2) is 0 Å². The number of nitrogens with one attached hydrogen (secondary N) is 1. The molecule has 104 valence electrons. The molecule has 0 fully saturated rings. The number of carbonyl (C=O) groups is 2. The second-order valence-corrected chi connectivity index (χ2v) is 4.45. The van der Waals surface area contributed by atoms with Crippen LogP contribution in [0.1, 0.15) is 19.4 Å². The molecule has 1 aromatic carbocycles. The molecule has 0 bridgehead atoms. The fourth-order valence-electron chi connectivity index (χ4n) is 1.68. The predicted molar refractivity (Wildman–Crippen MR) is 73.9 cm³/mol. The molecule has 2 N–H and O–H groups in total. The van der Waals surface area contributed by atoms with Crippen LogP contribution in [0, 0.1) is 6.92 Å². The molecule has 1 unspecified atom stereocenters. The number of hydrogen-bond acceptors (Lipinski definition) is 3. The molecular weight excluding hydrogens is 244 g/mol. The Hall–Kier alpha value is -1.88. The summed E-state index contributed by atoms with van der Waals surface area (Å²) >= 11 is 0. The Labute approximate surface area is 113 Å². The third-order valence-electron chi connectivity index (χ3n) is 2.63. The molecule has 0 aliphatic carbocycles. The van der Waals surface area contributed by atoms with Crippen LogP contribution in [-0.4, -0.2) is 36.1 Å². The zero-order chi connectivity index (χ0) is 14.4. The highest BCUT2D eigenvalue weighted by atomic mass is 16.3. The van der Waals surface area contributed by atoms with Gasteiger partial charge < -0.3 is 15.3 Å². The summed E-state index contributed by atoms with van der Waals surface area (Å²) in [6.45, 7) is 5.75. The van der Waals surface area contributed by atoms with Crippen LogP contribution in [0.15, 0.2) is 24.3 Å². The second kappa shape index (κ2) is 6.89. The number of hydrogen-bond donors (Lipinski definition) is 2. The molecule has 1 aromatic rings. The Morgan fingerprint density at radius 1 is 1.42 bits per heavy atom. The summed E-state index contributed by atoms with van der Waals surface area (Å²) in [5.41, 5.74) is 1.72. The largest absolute Gasteiger partial charge is 0.392 e. The van der Waals surface area contributed by atoms with Gasteiger partial charge in [-0.15, -0.1) is 0 Å². The molecule has 0 aliphatic heterocycles. The highest BCUT2D eigenvalue weighted by Crippen LogP contribution is 2.15. The van der Waals surface area contributed by atoms with Crippen molar-refractivity contribution in [3.8, 4) is 0 Å². The normalized spacial score (nSPS) is 11.8. The lowest BCUT2D eigenvalue weighted by Gasteiger charge is -2.21. The van der Waals surface area contributed by atoms with Crippen molar-refractivity contribution in [1.82, 2.24) is 5.32 Å². The molecule has 5 nitrogen and oxygen atoms in total. The predicted octanol–water partition coefficient (Wildman–Crippen LogP) is 0.845. The van der Waals surface area contributed by atoms with E-state index in [2.05, 4.69) is 5.32 Å². The first-order valence-corrected chi connectivity index (χ1v) is 6.30. The van der Waals surface area contributed by atoms with Crippen molar-refractivity contribution in [1.29, 1.82) is 0 Å². The molecule has 5 heteroatoms. The summed E-state index contributed by atoms with van der Waals surface area (Å²) in [5.74, 6) is -1.32. The van der Waals surface area contributed by atoms with Crippen LogP contribution in [0.5, 0.6) is 0 Å². The maximum absolute atomic E-state index is 12.0. The zero-order valence-corrected chi connectivity index (χ0v) is 11.5. The van der Waals surface area contributed by atoms with E-state index >= 15 is 0 Å². The van der Waals surface area contributed by atoms with Crippen molar-refractivity contribution >= 4 is 17.5 Å². The number of anilines is 1. The Morgan fingerprint density at radius 2 is 2.11 bits per heavy atom. The lowest BCUT2D eigenvalue weighted by molar-refractivity contribution is -0.137. The summed E-state index contributed by atoms with van der Waals surface area (Å²) in [5, 5.41) is 11.5. The summed E-state index contributed by atoms with van der Waals surface area (Å²) < 4.78 is 0. The van der Waals surface area contributed by atoms with Crippen molar-refractivity contribution in [2.24, 2.45) is 0 Å². The van der Waals surface area contributed by atoms with Gasteiger partial charge in [0.05, 0.1) is 6.10 Å². The Bertz CT molecular complexity index is 458. The fourth-order valence-corrected chi connectivity index (χ4v) is 1.68. The minimum absolute atomic E-state index is 0.0654. The second-order valence-electron chi connectivity index (χ2n) is 4.45. The highest BCUT2D eigenvalue weighted by Gasteiger charge is 2.21. The lowest BCUT2D eigenvalue weighted by Crippen LogP contribution is -2.44. The van der Waals surface area contributed by atoms with Crippen LogP contribution in [0.4, 0.5) is 5.69 Å². The number of amides is 2. The number of aliphatic hydroxyl groups excluding tert-OH is 1. The quantitative estimate of drug-likeness (QED) is 0.792. The Balaban J connectivity index is 2.79. The summed E-state index contributed by atoms with van der Waals surface area (Å²) in [4.78, 5) is 25.1. The summed E-state index contributed by atoms with van der Waals surface area (Å²) in [6.07, 6.45) is -0.675. The number of benzene rings is 1. The monoisotopic (exact) mass is 264 g/mol. The Morgan fingerprint density at radius 3 is 2.63 bits per heavy atom. The van der Waals surface area contributed by atoms with Gasteiger partial charge in [0.25, 0.3) is 0 Å². The molecular formula is C14H20N2O3. The fraction of sp³-hybridized carbons (Fsp3) is 0.429. The molecule has 1 atom stereocenters. The number of likely N-dealkylation sites (N-methyl/N-ethyl adjacent to an activating group) is 1. The number of aliphatic hydroxyl groups is 1. The van der Waals surface area contributed by atoms with Crippen LogP contribution >= 0.6 is 0 Å². The lowest BCUT2D eigenvalue weighted by atomic mass is 10.2. The van der Waals surface area contributed by atoms with Crippen molar-refractivity contribution in [3.05, 3.63) is 29.8 Å². The average molecular weight is 264 g/mol. The van der Waals surface area contributed by atoms with E-state index in [9.17, 15) is 9.59 Å². The molecule has 0 spiro atoms. The van der Waals surface area contributed by atoms with Crippen molar-refractivity contribution in [3.63, 3.8) is 0 Å². The maximum Gasteiger partial charge on any atom is 0.316 e. The number of nitrogens with zero attached hydrogens (tertiary/aromatic N) is 1. The van der Waals surface area contributed by atoms with Gasteiger partial charge in [0.2, 0.25) is 0 Å². The van der Waals surface area contributed by atoms with Gasteiger partial charge in [-0.1, -0.05) is 12.1 Å². The van der Waals surface area contributed by atoms with Gasteiger partial charge in [-0.25, -0.2) is 0 Å². The first-order chi connectivity index (χ1) is 8.95. The molecule has 1 rings (SSSR count). The van der Waals surface area contributed by atoms with E-state index in [-0.39, 0.29) is 6.54 Å². The van der Waals surface area contributed by atoms with E-state index in [0.29, 0.717) is 12.2 Å².